The van der Waals surface area contributed by atoms with Crippen molar-refractivity contribution >= 4 is 33.7 Å². The highest BCUT2D eigenvalue weighted by Gasteiger charge is 2.16. The first-order valence-electron chi connectivity index (χ1n) is 9.72. The second-order valence-electron chi connectivity index (χ2n) is 7.42. The third kappa shape index (κ3) is 3.16. The molecule has 4 heterocycles. The standard InChI is InChI=1S/C21H18N8O3/c1-27-19-18(20(31)28(2)21(27)32)29(11-23-19)10-17(30)26-16-6-14-5-12(15-8-24-25-9-15)3-4-13(14)7-22-16/h3-9,11H,10H2,1-2H3,(H,24,25)(H,22,26,30). The molecule has 1 amide bonds. The highest BCUT2D eigenvalue weighted by atomic mass is 16.2. The second-order valence-corrected chi connectivity index (χ2v) is 7.42. The SMILES string of the molecule is Cn1c(=O)c2c(ncn2CC(=O)Nc2cc3cc(-c4cn[nH]c4)ccc3cn2)n(C)c1=O. The van der Waals surface area contributed by atoms with Gasteiger partial charge in [0.05, 0.1) is 12.5 Å². The van der Waals surface area contributed by atoms with Crippen molar-refractivity contribution in [1.29, 1.82) is 0 Å². The van der Waals surface area contributed by atoms with E-state index in [0.29, 0.717) is 5.82 Å². The number of hydrogen-bond donors (Lipinski definition) is 2. The predicted octanol–water partition coefficient (Wildman–Crippen LogP) is 1.01. The van der Waals surface area contributed by atoms with E-state index in [1.807, 2.05) is 18.2 Å². The van der Waals surface area contributed by atoms with Gasteiger partial charge in [-0.25, -0.2) is 14.8 Å². The summed E-state index contributed by atoms with van der Waals surface area (Å²) in [5, 5.41) is 11.4. The number of pyridine rings is 1. The zero-order valence-electron chi connectivity index (χ0n) is 17.2. The van der Waals surface area contributed by atoms with Crippen LogP contribution in [0, 0.1) is 0 Å². The molecular weight excluding hydrogens is 412 g/mol. The van der Waals surface area contributed by atoms with Crippen molar-refractivity contribution in [3.63, 3.8) is 0 Å². The second kappa shape index (κ2) is 7.30. The molecule has 0 bridgehead atoms. The summed E-state index contributed by atoms with van der Waals surface area (Å²) in [5.41, 5.74) is 1.36. The molecule has 2 N–H and O–H groups in total. The first-order valence-corrected chi connectivity index (χ1v) is 9.72. The maximum Gasteiger partial charge on any atom is 0.332 e. The number of amides is 1. The number of aromatic nitrogens is 7. The Labute approximate surface area is 180 Å². The molecule has 0 radical (unpaired) electrons. The van der Waals surface area contributed by atoms with Gasteiger partial charge in [-0.15, -0.1) is 0 Å². The lowest BCUT2D eigenvalue weighted by Gasteiger charge is -2.08. The Kier molecular flexibility index (Phi) is 4.43. The van der Waals surface area contributed by atoms with E-state index in [0.717, 1.165) is 26.5 Å². The monoisotopic (exact) mass is 430 g/mol. The fourth-order valence-corrected chi connectivity index (χ4v) is 3.65. The summed E-state index contributed by atoms with van der Waals surface area (Å²) < 4.78 is 3.68. The van der Waals surface area contributed by atoms with Crippen LogP contribution in [0.1, 0.15) is 0 Å². The number of aryl methyl sites for hydroxylation is 1. The largest absolute Gasteiger partial charge is 0.332 e. The summed E-state index contributed by atoms with van der Waals surface area (Å²) in [4.78, 5) is 45.7. The summed E-state index contributed by atoms with van der Waals surface area (Å²) in [5.74, 6) is 0.00890. The van der Waals surface area contributed by atoms with Crippen LogP contribution in [0.4, 0.5) is 5.82 Å². The van der Waals surface area contributed by atoms with Crippen molar-refractivity contribution in [2.75, 3.05) is 5.32 Å². The summed E-state index contributed by atoms with van der Waals surface area (Å²) in [6.07, 6.45) is 6.60. The van der Waals surface area contributed by atoms with Gasteiger partial charge in [-0.05, 0) is 23.1 Å². The lowest BCUT2D eigenvalue weighted by atomic mass is 10.1. The number of imidazole rings is 1. The lowest BCUT2D eigenvalue weighted by Crippen LogP contribution is -2.37. The minimum Gasteiger partial charge on any atom is -0.315 e. The van der Waals surface area contributed by atoms with E-state index in [2.05, 4.69) is 25.5 Å². The normalized spacial score (nSPS) is 11.3. The Morgan fingerprint density at radius 2 is 1.88 bits per heavy atom. The predicted molar refractivity (Wildman–Crippen MR) is 118 cm³/mol. The van der Waals surface area contributed by atoms with Crippen LogP contribution in [0.5, 0.6) is 0 Å². The Morgan fingerprint density at radius 1 is 1.03 bits per heavy atom. The van der Waals surface area contributed by atoms with E-state index in [-0.39, 0.29) is 23.6 Å². The van der Waals surface area contributed by atoms with Crippen LogP contribution in [0.15, 0.2) is 58.8 Å². The molecule has 0 fully saturated rings. The third-order valence-corrected chi connectivity index (χ3v) is 5.35. The Hall–Kier alpha value is -4.54. The summed E-state index contributed by atoms with van der Waals surface area (Å²) in [6, 6.07) is 7.70. The quantitative estimate of drug-likeness (QED) is 0.437. The number of carbonyl (C=O) groups excluding carboxylic acids is 1. The zero-order chi connectivity index (χ0) is 22.4. The fraction of sp³-hybridized carbons (Fsp3) is 0.143. The molecule has 0 aliphatic carbocycles. The molecule has 4 aromatic heterocycles. The van der Waals surface area contributed by atoms with Gasteiger partial charge in [0.25, 0.3) is 5.56 Å². The van der Waals surface area contributed by atoms with Crippen LogP contribution >= 0.6 is 0 Å². The molecule has 1 aromatic carbocycles. The first-order chi connectivity index (χ1) is 15.4. The number of rotatable bonds is 4. The van der Waals surface area contributed by atoms with Crippen LogP contribution in [0.3, 0.4) is 0 Å². The molecule has 0 saturated heterocycles. The van der Waals surface area contributed by atoms with Crippen molar-refractivity contribution in [3.05, 3.63) is 70.0 Å². The molecule has 0 aliphatic rings. The van der Waals surface area contributed by atoms with Crippen molar-refractivity contribution < 1.29 is 4.79 Å². The number of anilines is 1. The number of aromatic amines is 1. The van der Waals surface area contributed by atoms with Gasteiger partial charge in [0.15, 0.2) is 11.2 Å². The van der Waals surface area contributed by atoms with Gasteiger partial charge in [0.1, 0.15) is 12.4 Å². The summed E-state index contributed by atoms with van der Waals surface area (Å²) in [7, 11) is 2.91. The van der Waals surface area contributed by atoms with Gasteiger partial charge in [-0.1, -0.05) is 12.1 Å². The molecule has 160 valence electrons. The van der Waals surface area contributed by atoms with Gasteiger partial charge in [0.2, 0.25) is 5.91 Å². The van der Waals surface area contributed by atoms with Gasteiger partial charge >= 0.3 is 5.69 Å². The van der Waals surface area contributed by atoms with Crippen molar-refractivity contribution in [1.82, 2.24) is 33.9 Å². The van der Waals surface area contributed by atoms with Crippen LogP contribution in [0.2, 0.25) is 0 Å². The maximum absolute atomic E-state index is 12.7. The van der Waals surface area contributed by atoms with E-state index < -0.39 is 11.2 Å². The number of nitrogens with zero attached hydrogens (tertiary/aromatic N) is 6. The summed E-state index contributed by atoms with van der Waals surface area (Å²) in [6.45, 7) is -0.154. The molecule has 0 atom stereocenters. The minimum absolute atomic E-state index is 0.154. The topological polar surface area (TPSA) is 132 Å². The minimum atomic E-state index is -0.510. The first kappa shape index (κ1) is 19.4. The molecular formula is C21H18N8O3. The number of carbonyl (C=O) groups is 1. The molecule has 32 heavy (non-hydrogen) atoms. The van der Waals surface area contributed by atoms with Crippen molar-refractivity contribution in [2.45, 2.75) is 6.54 Å². The van der Waals surface area contributed by atoms with E-state index in [9.17, 15) is 14.4 Å². The van der Waals surface area contributed by atoms with Crippen molar-refractivity contribution in [2.24, 2.45) is 14.1 Å². The van der Waals surface area contributed by atoms with Gasteiger partial charge in [-0.2, -0.15) is 5.10 Å². The molecule has 11 nitrogen and oxygen atoms in total. The Bertz CT molecular complexity index is 1610. The maximum atomic E-state index is 12.7. The molecule has 5 aromatic rings. The van der Waals surface area contributed by atoms with Gasteiger partial charge in [0, 0.05) is 37.4 Å². The van der Waals surface area contributed by atoms with Crippen LogP contribution in [0.25, 0.3) is 33.1 Å². The van der Waals surface area contributed by atoms with Crippen LogP contribution in [-0.4, -0.2) is 39.8 Å². The number of H-pyrrole nitrogens is 1. The third-order valence-electron chi connectivity index (χ3n) is 5.35. The average Bonchev–Trinajstić information content (AvgIpc) is 3.46. The van der Waals surface area contributed by atoms with Crippen molar-refractivity contribution in [3.8, 4) is 11.1 Å². The molecule has 0 saturated carbocycles. The molecule has 0 unspecified atom stereocenters. The van der Waals surface area contributed by atoms with E-state index in [1.54, 1.807) is 24.7 Å². The Morgan fingerprint density at radius 3 is 2.66 bits per heavy atom. The van der Waals surface area contributed by atoms with Gasteiger partial charge < -0.3 is 9.88 Å². The molecule has 0 aliphatic heterocycles. The number of nitrogens with one attached hydrogen (secondary N) is 2. The van der Waals surface area contributed by atoms with Crippen LogP contribution in [-0.2, 0) is 25.4 Å². The van der Waals surface area contributed by atoms with Gasteiger partial charge in [-0.3, -0.25) is 23.8 Å². The summed E-state index contributed by atoms with van der Waals surface area (Å²) >= 11 is 0. The number of benzene rings is 1. The van der Waals surface area contributed by atoms with E-state index in [1.165, 1.54) is 29.6 Å². The molecule has 5 rings (SSSR count). The van der Waals surface area contributed by atoms with E-state index >= 15 is 0 Å². The Balaban J connectivity index is 1.43. The zero-order valence-corrected chi connectivity index (χ0v) is 17.2. The van der Waals surface area contributed by atoms with E-state index in [4.69, 9.17) is 0 Å². The number of fused-ring (bicyclic) bond motifs is 2. The highest BCUT2D eigenvalue weighted by Crippen LogP contribution is 2.24. The molecule has 0 spiro atoms. The average molecular weight is 430 g/mol. The molecule has 11 heteroatoms. The highest BCUT2D eigenvalue weighted by molar-refractivity contribution is 5.94. The number of hydrogen-bond acceptors (Lipinski definition) is 6. The fourth-order valence-electron chi connectivity index (χ4n) is 3.65. The lowest BCUT2D eigenvalue weighted by molar-refractivity contribution is -0.116. The smallest absolute Gasteiger partial charge is 0.315 e. The van der Waals surface area contributed by atoms with Crippen LogP contribution < -0.4 is 16.6 Å².